The molecule has 0 amide bonds. The SMILES string of the molecule is Cc1[nH]c2c(F)cc(F)c(Br)c2c(=O)c1C(C)C. The van der Waals surface area contributed by atoms with Crippen molar-refractivity contribution >= 4 is 26.8 Å². The van der Waals surface area contributed by atoms with Crippen LogP contribution < -0.4 is 5.43 Å². The highest BCUT2D eigenvalue weighted by atomic mass is 79.9. The van der Waals surface area contributed by atoms with Crippen molar-refractivity contribution in [3.63, 3.8) is 0 Å². The van der Waals surface area contributed by atoms with Crippen molar-refractivity contribution in [1.29, 1.82) is 0 Å². The molecule has 2 nitrogen and oxygen atoms in total. The van der Waals surface area contributed by atoms with Crippen molar-refractivity contribution < 1.29 is 8.78 Å². The van der Waals surface area contributed by atoms with Crippen LogP contribution in [0.15, 0.2) is 15.3 Å². The topological polar surface area (TPSA) is 32.9 Å². The van der Waals surface area contributed by atoms with Gasteiger partial charge < -0.3 is 4.98 Å². The molecule has 2 rings (SSSR count). The van der Waals surface area contributed by atoms with E-state index >= 15 is 0 Å². The first kappa shape index (κ1) is 13.2. The van der Waals surface area contributed by atoms with Gasteiger partial charge in [0.1, 0.15) is 11.6 Å². The minimum absolute atomic E-state index is 0.00190. The second-order valence-corrected chi connectivity index (χ2v) is 5.34. The minimum atomic E-state index is -0.774. The number of rotatable bonds is 1. The number of hydrogen-bond donors (Lipinski definition) is 1. The number of nitrogens with one attached hydrogen (secondary N) is 1. The van der Waals surface area contributed by atoms with Gasteiger partial charge in [-0.15, -0.1) is 0 Å². The molecule has 0 aliphatic heterocycles. The lowest BCUT2D eigenvalue weighted by molar-refractivity contribution is 0.585. The summed E-state index contributed by atoms with van der Waals surface area (Å²) in [6, 6.07) is 0.761. The maximum atomic E-state index is 13.7. The molecule has 1 aromatic carbocycles. The van der Waals surface area contributed by atoms with Crippen LogP contribution in [0.5, 0.6) is 0 Å². The first-order valence-corrected chi connectivity index (χ1v) is 6.33. The van der Waals surface area contributed by atoms with E-state index in [-0.39, 0.29) is 26.7 Å². The van der Waals surface area contributed by atoms with E-state index in [1.54, 1.807) is 6.92 Å². The van der Waals surface area contributed by atoms with Gasteiger partial charge in [-0.2, -0.15) is 0 Å². The lowest BCUT2D eigenvalue weighted by Crippen LogP contribution is -2.16. The van der Waals surface area contributed by atoms with E-state index in [2.05, 4.69) is 20.9 Å². The largest absolute Gasteiger partial charge is 0.356 e. The summed E-state index contributed by atoms with van der Waals surface area (Å²) in [6.45, 7) is 5.45. The van der Waals surface area contributed by atoms with Gasteiger partial charge >= 0.3 is 0 Å². The summed E-state index contributed by atoms with van der Waals surface area (Å²) in [7, 11) is 0. The molecule has 0 saturated carbocycles. The smallest absolute Gasteiger partial charge is 0.194 e. The Morgan fingerprint density at radius 3 is 2.44 bits per heavy atom. The van der Waals surface area contributed by atoms with Crippen LogP contribution in [0.3, 0.4) is 0 Å². The molecule has 0 atom stereocenters. The summed E-state index contributed by atoms with van der Waals surface area (Å²) in [5.41, 5.74) is 0.866. The highest BCUT2D eigenvalue weighted by molar-refractivity contribution is 9.10. The average molecular weight is 316 g/mol. The van der Waals surface area contributed by atoms with Crippen molar-refractivity contribution in [2.24, 2.45) is 0 Å². The van der Waals surface area contributed by atoms with Crippen molar-refractivity contribution in [3.8, 4) is 0 Å². The van der Waals surface area contributed by atoms with Gasteiger partial charge in [-0.1, -0.05) is 13.8 Å². The zero-order valence-electron chi connectivity index (χ0n) is 10.2. The number of fused-ring (bicyclic) bond motifs is 1. The predicted molar refractivity (Wildman–Crippen MR) is 71.0 cm³/mol. The first-order chi connectivity index (χ1) is 8.34. The molecule has 1 aromatic heterocycles. The molecule has 1 heterocycles. The van der Waals surface area contributed by atoms with Crippen LogP contribution in [0, 0.1) is 18.6 Å². The molecule has 0 unspecified atom stereocenters. The Bertz CT molecular complexity index is 692. The molecule has 0 aliphatic carbocycles. The summed E-state index contributed by atoms with van der Waals surface area (Å²) in [5, 5.41) is 0.0294. The first-order valence-electron chi connectivity index (χ1n) is 5.54. The zero-order valence-corrected chi connectivity index (χ0v) is 11.8. The molecule has 0 aliphatic rings. The van der Waals surface area contributed by atoms with E-state index < -0.39 is 11.6 Å². The fourth-order valence-corrected chi connectivity index (χ4v) is 2.68. The van der Waals surface area contributed by atoms with Gasteiger partial charge in [-0.25, -0.2) is 8.78 Å². The number of hydrogen-bond acceptors (Lipinski definition) is 1. The quantitative estimate of drug-likeness (QED) is 0.793. The van der Waals surface area contributed by atoms with Crippen LogP contribution in [0.4, 0.5) is 8.78 Å². The maximum absolute atomic E-state index is 13.7. The molecule has 5 heteroatoms. The van der Waals surface area contributed by atoms with Gasteiger partial charge in [0, 0.05) is 17.3 Å². The molecule has 0 saturated heterocycles. The highest BCUT2D eigenvalue weighted by Crippen LogP contribution is 2.28. The number of benzene rings is 1. The number of H-pyrrole nitrogens is 1. The number of halogens is 3. The summed E-state index contributed by atoms with van der Waals surface area (Å²) in [6.07, 6.45) is 0. The Labute approximate surface area is 111 Å². The maximum Gasteiger partial charge on any atom is 0.194 e. The van der Waals surface area contributed by atoms with Gasteiger partial charge in [-0.05, 0) is 28.8 Å². The molecule has 96 valence electrons. The van der Waals surface area contributed by atoms with Crippen molar-refractivity contribution in [2.75, 3.05) is 0 Å². The van der Waals surface area contributed by atoms with E-state index in [0.717, 1.165) is 6.07 Å². The molecular formula is C13H12BrF2NO. The predicted octanol–water partition coefficient (Wildman–Crippen LogP) is 4.00. The molecule has 0 fully saturated rings. The number of pyridine rings is 1. The van der Waals surface area contributed by atoms with Crippen LogP contribution in [0.1, 0.15) is 31.0 Å². The van der Waals surface area contributed by atoms with Gasteiger partial charge in [-0.3, -0.25) is 4.79 Å². The van der Waals surface area contributed by atoms with Gasteiger partial charge in [0.15, 0.2) is 5.43 Å². The Hall–Kier alpha value is -1.23. The molecular weight excluding hydrogens is 304 g/mol. The van der Waals surface area contributed by atoms with Crippen LogP contribution in [0.25, 0.3) is 10.9 Å². The van der Waals surface area contributed by atoms with E-state index in [9.17, 15) is 13.6 Å². The Kier molecular flexibility index (Phi) is 3.27. The summed E-state index contributed by atoms with van der Waals surface area (Å²) in [5.74, 6) is -1.55. The standard InChI is InChI=1S/C13H12BrF2NO/c1-5(2)9-6(3)17-12-8(16)4-7(15)11(14)10(12)13(9)18/h4-5H,1-3H3,(H,17,18). The molecule has 0 bridgehead atoms. The fraction of sp³-hybridized carbons (Fsp3) is 0.308. The second-order valence-electron chi connectivity index (χ2n) is 4.55. The minimum Gasteiger partial charge on any atom is -0.356 e. The Balaban J connectivity index is 3.07. The third-order valence-corrected chi connectivity index (χ3v) is 3.71. The molecule has 2 aromatic rings. The van der Waals surface area contributed by atoms with Gasteiger partial charge in [0.25, 0.3) is 0 Å². The van der Waals surface area contributed by atoms with E-state index in [4.69, 9.17) is 0 Å². The van der Waals surface area contributed by atoms with Crippen LogP contribution in [-0.4, -0.2) is 4.98 Å². The third kappa shape index (κ3) is 1.86. The second kappa shape index (κ2) is 4.46. The summed E-state index contributed by atoms with van der Waals surface area (Å²) >= 11 is 3.01. The van der Waals surface area contributed by atoms with Crippen molar-refractivity contribution in [3.05, 3.63) is 43.7 Å². The average Bonchev–Trinajstić information content (AvgIpc) is 2.25. The number of aryl methyl sites for hydroxylation is 1. The number of aromatic nitrogens is 1. The third-order valence-electron chi connectivity index (χ3n) is 2.94. The lowest BCUT2D eigenvalue weighted by Gasteiger charge is -2.12. The Morgan fingerprint density at radius 2 is 1.89 bits per heavy atom. The summed E-state index contributed by atoms with van der Waals surface area (Å²) in [4.78, 5) is 15.2. The van der Waals surface area contributed by atoms with E-state index in [1.165, 1.54) is 0 Å². The van der Waals surface area contributed by atoms with Crippen molar-refractivity contribution in [1.82, 2.24) is 4.98 Å². The van der Waals surface area contributed by atoms with E-state index in [1.807, 2.05) is 13.8 Å². The molecule has 0 spiro atoms. The monoisotopic (exact) mass is 315 g/mol. The van der Waals surface area contributed by atoms with Gasteiger partial charge in [0.2, 0.25) is 0 Å². The van der Waals surface area contributed by atoms with Crippen molar-refractivity contribution in [2.45, 2.75) is 26.7 Å². The molecule has 1 N–H and O–H groups in total. The fourth-order valence-electron chi connectivity index (χ4n) is 2.19. The van der Waals surface area contributed by atoms with Gasteiger partial charge in [0.05, 0.1) is 15.4 Å². The van der Waals surface area contributed by atoms with Crippen LogP contribution in [0.2, 0.25) is 0 Å². The van der Waals surface area contributed by atoms with Crippen LogP contribution in [-0.2, 0) is 0 Å². The highest BCUT2D eigenvalue weighted by Gasteiger charge is 2.19. The Morgan fingerprint density at radius 1 is 1.28 bits per heavy atom. The van der Waals surface area contributed by atoms with Crippen LogP contribution >= 0.6 is 15.9 Å². The lowest BCUT2D eigenvalue weighted by atomic mass is 9.99. The zero-order chi connectivity index (χ0) is 13.6. The molecule has 0 radical (unpaired) electrons. The summed E-state index contributed by atoms with van der Waals surface area (Å²) < 4.78 is 27.2. The van der Waals surface area contributed by atoms with E-state index in [0.29, 0.717) is 11.3 Å². The normalized spacial score (nSPS) is 11.5. The number of aromatic amines is 1. The molecule has 18 heavy (non-hydrogen) atoms.